The van der Waals surface area contributed by atoms with Gasteiger partial charge < -0.3 is 5.32 Å². The molecule has 142 valence electrons. The van der Waals surface area contributed by atoms with E-state index in [-0.39, 0.29) is 11.6 Å². The summed E-state index contributed by atoms with van der Waals surface area (Å²) >= 11 is 3.71. The van der Waals surface area contributed by atoms with Crippen LogP contribution in [0.2, 0.25) is 0 Å². The van der Waals surface area contributed by atoms with Gasteiger partial charge in [0.1, 0.15) is 0 Å². The molecule has 1 amide bonds. The number of halogens is 1. The molecule has 1 heterocycles. The summed E-state index contributed by atoms with van der Waals surface area (Å²) < 4.78 is 1.17. The summed E-state index contributed by atoms with van der Waals surface area (Å²) in [4.78, 5) is 27.3. The molecule has 3 aromatic rings. The number of benzene rings is 2. The van der Waals surface area contributed by atoms with Crippen LogP contribution in [0, 0.1) is 13.7 Å². The first-order chi connectivity index (χ1) is 13.4. The molecule has 0 spiro atoms. The van der Waals surface area contributed by atoms with E-state index in [9.17, 15) is 14.9 Å². The predicted molar refractivity (Wildman–Crippen MR) is 120 cm³/mol. The highest BCUT2D eigenvalue weighted by Gasteiger charge is 2.11. The van der Waals surface area contributed by atoms with Crippen LogP contribution in [0.25, 0.3) is 12.2 Å². The third-order valence-corrected chi connectivity index (χ3v) is 5.53. The van der Waals surface area contributed by atoms with Crippen LogP contribution in [0.4, 0.5) is 10.8 Å². The summed E-state index contributed by atoms with van der Waals surface area (Å²) in [6.07, 6.45) is 4.42. The van der Waals surface area contributed by atoms with Gasteiger partial charge in [-0.3, -0.25) is 14.9 Å². The number of nitro groups is 1. The van der Waals surface area contributed by atoms with Crippen molar-refractivity contribution >= 4 is 62.8 Å². The quantitative estimate of drug-likeness (QED) is 0.277. The number of nitrogens with zero attached hydrogens (tertiary/aromatic N) is 2. The SMILES string of the molecule is CC(=O)Nc1nc(/C=C\c2ccc([N+](=O)[O-])cc2)c(Cc2ccc(I)cc2)s1. The zero-order valence-corrected chi connectivity index (χ0v) is 17.9. The number of non-ortho nitro benzene ring substituents is 1. The Labute approximate surface area is 179 Å². The highest BCUT2D eigenvalue weighted by atomic mass is 127. The minimum Gasteiger partial charge on any atom is -0.302 e. The molecule has 0 unspecified atom stereocenters. The van der Waals surface area contributed by atoms with Gasteiger partial charge >= 0.3 is 0 Å². The van der Waals surface area contributed by atoms with E-state index in [0.717, 1.165) is 21.7 Å². The van der Waals surface area contributed by atoms with Crippen molar-refractivity contribution in [2.75, 3.05) is 5.32 Å². The molecule has 6 nitrogen and oxygen atoms in total. The van der Waals surface area contributed by atoms with E-state index >= 15 is 0 Å². The molecule has 0 aliphatic rings. The van der Waals surface area contributed by atoms with Crippen molar-refractivity contribution in [3.8, 4) is 0 Å². The monoisotopic (exact) mass is 505 g/mol. The lowest BCUT2D eigenvalue weighted by Crippen LogP contribution is -2.04. The van der Waals surface area contributed by atoms with Gasteiger partial charge in [0.2, 0.25) is 5.91 Å². The highest BCUT2D eigenvalue weighted by Crippen LogP contribution is 2.28. The second-order valence-electron chi connectivity index (χ2n) is 5.99. The molecule has 0 aliphatic heterocycles. The number of hydrogen-bond donors (Lipinski definition) is 1. The summed E-state index contributed by atoms with van der Waals surface area (Å²) in [5, 5.41) is 14.1. The van der Waals surface area contributed by atoms with Crippen LogP contribution in [0.15, 0.2) is 48.5 Å². The zero-order chi connectivity index (χ0) is 20.1. The van der Waals surface area contributed by atoms with Crippen molar-refractivity contribution in [2.45, 2.75) is 13.3 Å². The maximum atomic E-state index is 11.4. The number of amides is 1. The minimum absolute atomic E-state index is 0.0538. The van der Waals surface area contributed by atoms with Crippen LogP contribution >= 0.6 is 33.9 Å². The van der Waals surface area contributed by atoms with E-state index in [0.29, 0.717) is 11.6 Å². The molecule has 0 aliphatic carbocycles. The summed E-state index contributed by atoms with van der Waals surface area (Å²) in [5.74, 6) is -0.166. The first-order valence-electron chi connectivity index (χ1n) is 8.35. The molecule has 0 saturated carbocycles. The Morgan fingerprint density at radius 1 is 1.18 bits per heavy atom. The maximum absolute atomic E-state index is 11.4. The number of nitro benzene ring substituents is 1. The fourth-order valence-electron chi connectivity index (χ4n) is 2.49. The van der Waals surface area contributed by atoms with Gasteiger partial charge in [-0.1, -0.05) is 18.2 Å². The van der Waals surface area contributed by atoms with Gasteiger partial charge in [-0.25, -0.2) is 4.98 Å². The van der Waals surface area contributed by atoms with Gasteiger partial charge in [0.25, 0.3) is 5.69 Å². The second-order valence-corrected chi connectivity index (χ2v) is 8.32. The molecule has 0 bridgehead atoms. The Morgan fingerprint density at radius 2 is 1.86 bits per heavy atom. The number of nitrogens with one attached hydrogen (secondary N) is 1. The van der Waals surface area contributed by atoms with Gasteiger partial charge in [-0.05, 0) is 64.1 Å². The topological polar surface area (TPSA) is 85.1 Å². The van der Waals surface area contributed by atoms with E-state index in [2.05, 4.69) is 57.2 Å². The predicted octanol–water partition coefficient (Wildman–Crippen LogP) is 5.38. The van der Waals surface area contributed by atoms with E-state index < -0.39 is 4.92 Å². The molecule has 0 fully saturated rings. The Kier molecular flexibility index (Phi) is 6.53. The van der Waals surface area contributed by atoms with Crippen LogP contribution in [-0.2, 0) is 11.2 Å². The van der Waals surface area contributed by atoms with Crippen molar-refractivity contribution < 1.29 is 9.72 Å². The van der Waals surface area contributed by atoms with E-state index in [4.69, 9.17) is 0 Å². The summed E-state index contributed by atoms with van der Waals surface area (Å²) in [7, 11) is 0. The van der Waals surface area contributed by atoms with E-state index in [1.165, 1.54) is 34.0 Å². The normalized spacial score (nSPS) is 10.9. The number of hydrogen-bond acceptors (Lipinski definition) is 5. The standard InChI is InChI=1S/C20H16IN3O3S/c1-13(25)22-20-23-18(11-6-14-4-9-17(10-5-14)24(26)27)19(28-20)12-15-2-7-16(21)8-3-15/h2-11H,12H2,1H3,(H,22,23,25)/b11-6-. The van der Waals surface area contributed by atoms with Crippen LogP contribution in [0.3, 0.4) is 0 Å². The van der Waals surface area contributed by atoms with Crippen LogP contribution in [0.1, 0.15) is 28.6 Å². The zero-order valence-electron chi connectivity index (χ0n) is 14.9. The first-order valence-corrected chi connectivity index (χ1v) is 10.2. The average molecular weight is 505 g/mol. The van der Waals surface area contributed by atoms with E-state index in [1.54, 1.807) is 12.1 Å². The molecule has 1 aromatic heterocycles. The fraction of sp³-hybridized carbons (Fsp3) is 0.100. The van der Waals surface area contributed by atoms with Crippen LogP contribution in [0.5, 0.6) is 0 Å². The molecule has 8 heteroatoms. The summed E-state index contributed by atoms with van der Waals surface area (Å²) in [6.45, 7) is 1.45. The van der Waals surface area contributed by atoms with Crippen molar-refractivity contribution in [1.29, 1.82) is 0 Å². The lowest BCUT2D eigenvalue weighted by Gasteiger charge is -2.00. The van der Waals surface area contributed by atoms with Gasteiger partial charge in [0.15, 0.2) is 5.13 Å². The summed E-state index contributed by atoms with van der Waals surface area (Å²) in [5.41, 5.74) is 2.81. The number of aromatic nitrogens is 1. The average Bonchev–Trinajstić information content (AvgIpc) is 3.02. The van der Waals surface area contributed by atoms with Crippen LogP contribution in [-0.4, -0.2) is 15.8 Å². The molecular weight excluding hydrogens is 489 g/mol. The van der Waals surface area contributed by atoms with Gasteiger partial charge in [-0.15, -0.1) is 11.3 Å². The van der Waals surface area contributed by atoms with Crippen molar-refractivity contribution in [2.24, 2.45) is 0 Å². The Morgan fingerprint density at radius 3 is 2.46 bits per heavy atom. The second kappa shape index (κ2) is 9.07. The Balaban J connectivity index is 1.86. The van der Waals surface area contributed by atoms with Crippen molar-refractivity contribution in [1.82, 2.24) is 4.98 Å². The molecule has 1 N–H and O–H groups in total. The van der Waals surface area contributed by atoms with E-state index in [1.807, 2.05) is 12.2 Å². The third-order valence-electron chi connectivity index (χ3n) is 3.83. The highest BCUT2D eigenvalue weighted by molar-refractivity contribution is 14.1. The number of anilines is 1. The molecule has 28 heavy (non-hydrogen) atoms. The molecule has 2 aromatic carbocycles. The first kappa shape index (κ1) is 20.2. The smallest absolute Gasteiger partial charge is 0.269 e. The van der Waals surface area contributed by atoms with Gasteiger partial charge in [0.05, 0.1) is 10.6 Å². The van der Waals surface area contributed by atoms with Gasteiger partial charge in [-0.2, -0.15) is 0 Å². The lowest BCUT2D eigenvalue weighted by atomic mass is 10.1. The molecule has 0 atom stereocenters. The van der Waals surface area contributed by atoms with Gasteiger partial charge in [0, 0.05) is 33.9 Å². The van der Waals surface area contributed by atoms with Crippen LogP contribution < -0.4 is 5.32 Å². The Hall–Kier alpha value is -2.59. The molecule has 3 rings (SSSR count). The molecule has 0 saturated heterocycles. The molecule has 0 radical (unpaired) electrons. The fourth-order valence-corrected chi connectivity index (χ4v) is 3.88. The van der Waals surface area contributed by atoms with Crippen molar-refractivity contribution in [3.63, 3.8) is 0 Å². The number of rotatable bonds is 6. The minimum atomic E-state index is -0.424. The maximum Gasteiger partial charge on any atom is 0.269 e. The Bertz CT molecular complexity index is 1030. The largest absolute Gasteiger partial charge is 0.302 e. The lowest BCUT2D eigenvalue weighted by molar-refractivity contribution is -0.384. The molecular formula is C20H16IN3O3S. The van der Waals surface area contributed by atoms with Crippen molar-refractivity contribution in [3.05, 3.63) is 83.9 Å². The number of carbonyl (C=O) groups excluding carboxylic acids is 1. The third kappa shape index (κ3) is 5.46. The number of carbonyl (C=O) groups is 1. The number of thiazole rings is 1. The summed E-state index contributed by atoms with van der Waals surface area (Å²) in [6, 6.07) is 14.6.